The molecule has 0 saturated heterocycles. The molecule has 0 bridgehead atoms. The van der Waals surface area contributed by atoms with Crippen molar-refractivity contribution in [3.8, 4) is 11.8 Å². The Morgan fingerprint density at radius 2 is 2.19 bits per heavy atom. The fourth-order valence-corrected chi connectivity index (χ4v) is 2.49. The molecule has 4 nitrogen and oxygen atoms in total. The third-order valence-corrected chi connectivity index (χ3v) is 3.77. The van der Waals surface area contributed by atoms with Crippen molar-refractivity contribution in [1.29, 1.82) is 5.26 Å². The number of aliphatic hydroxyl groups excluding tert-OH is 1. The second-order valence-electron chi connectivity index (χ2n) is 4.32. The Morgan fingerprint density at radius 1 is 1.33 bits per heavy atom. The van der Waals surface area contributed by atoms with E-state index in [4.69, 9.17) is 26.3 Å². The molecule has 0 aliphatic carbocycles. The highest BCUT2D eigenvalue weighted by atomic mass is 35.5. The van der Waals surface area contributed by atoms with Crippen LogP contribution in [0.15, 0.2) is 35.7 Å². The van der Waals surface area contributed by atoms with E-state index in [0.717, 1.165) is 4.88 Å². The molecule has 6 heteroatoms. The van der Waals surface area contributed by atoms with Gasteiger partial charge in [0.1, 0.15) is 18.5 Å². The van der Waals surface area contributed by atoms with Crippen LogP contribution in [0.3, 0.4) is 0 Å². The van der Waals surface area contributed by atoms with Crippen LogP contribution in [-0.4, -0.2) is 24.4 Å². The Morgan fingerprint density at radius 3 is 2.86 bits per heavy atom. The molecule has 110 valence electrons. The Labute approximate surface area is 132 Å². The lowest BCUT2D eigenvalue weighted by atomic mass is 10.2. The summed E-state index contributed by atoms with van der Waals surface area (Å²) >= 11 is 7.58. The molecule has 0 amide bonds. The summed E-state index contributed by atoms with van der Waals surface area (Å²) in [5.41, 5.74) is 0.465. The minimum Gasteiger partial charge on any atom is -0.489 e. The normalized spacial score (nSPS) is 11.9. The Bertz CT molecular complexity index is 610. The van der Waals surface area contributed by atoms with Crippen molar-refractivity contribution >= 4 is 22.9 Å². The van der Waals surface area contributed by atoms with Crippen LogP contribution in [0.1, 0.15) is 10.4 Å². The Kier molecular flexibility index (Phi) is 6.03. The molecule has 0 aliphatic rings. The van der Waals surface area contributed by atoms with Crippen LogP contribution in [0.25, 0.3) is 0 Å². The molecule has 1 atom stereocenters. The minimum atomic E-state index is -0.739. The number of aliphatic hydroxyl groups is 1. The minimum absolute atomic E-state index is 0.0794. The van der Waals surface area contributed by atoms with E-state index in [9.17, 15) is 5.11 Å². The molecule has 1 N–H and O–H groups in total. The van der Waals surface area contributed by atoms with E-state index in [-0.39, 0.29) is 13.2 Å². The summed E-state index contributed by atoms with van der Waals surface area (Å²) in [6.45, 7) is 0.744. The Hall–Kier alpha value is -1.58. The fraction of sp³-hybridized carbons (Fsp3) is 0.267. The molecular formula is C15H14ClNO3S. The number of thiophene rings is 1. The molecule has 21 heavy (non-hydrogen) atoms. The number of hydrogen-bond donors (Lipinski definition) is 1. The van der Waals surface area contributed by atoms with Gasteiger partial charge >= 0.3 is 0 Å². The SMILES string of the molecule is N#Cc1ccc(OCC(O)COCc2cccs2)c(Cl)c1. The molecule has 0 fully saturated rings. The van der Waals surface area contributed by atoms with Gasteiger partial charge in [-0.2, -0.15) is 5.26 Å². The van der Waals surface area contributed by atoms with Gasteiger partial charge in [-0.1, -0.05) is 17.7 Å². The largest absolute Gasteiger partial charge is 0.489 e. The molecule has 1 aromatic heterocycles. The molecule has 2 aromatic rings. The van der Waals surface area contributed by atoms with Crippen molar-refractivity contribution in [2.24, 2.45) is 0 Å². The molecular weight excluding hydrogens is 310 g/mol. The first-order chi connectivity index (χ1) is 10.2. The lowest BCUT2D eigenvalue weighted by molar-refractivity contribution is 0.00627. The average Bonchev–Trinajstić information content (AvgIpc) is 2.99. The van der Waals surface area contributed by atoms with Crippen molar-refractivity contribution in [3.63, 3.8) is 0 Å². The highest BCUT2D eigenvalue weighted by Crippen LogP contribution is 2.25. The first-order valence-corrected chi connectivity index (χ1v) is 7.55. The maximum absolute atomic E-state index is 9.79. The van der Waals surface area contributed by atoms with Crippen LogP contribution in [0.4, 0.5) is 0 Å². The van der Waals surface area contributed by atoms with E-state index < -0.39 is 6.10 Å². The summed E-state index contributed by atoms with van der Waals surface area (Å²) in [5.74, 6) is 0.438. The van der Waals surface area contributed by atoms with Gasteiger partial charge in [0.15, 0.2) is 0 Å². The topological polar surface area (TPSA) is 62.5 Å². The molecule has 0 spiro atoms. The molecule has 0 saturated carbocycles. The van der Waals surface area contributed by atoms with E-state index in [2.05, 4.69) is 0 Å². The standard InChI is InChI=1S/C15H14ClNO3S/c16-14-6-11(7-17)3-4-15(14)20-9-12(18)8-19-10-13-2-1-5-21-13/h1-6,12,18H,8-10H2. The van der Waals surface area contributed by atoms with Crippen LogP contribution in [-0.2, 0) is 11.3 Å². The maximum atomic E-state index is 9.79. The van der Waals surface area contributed by atoms with Crippen LogP contribution >= 0.6 is 22.9 Å². The molecule has 1 heterocycles. The van der Waals surface area contributed by atoms with E-state index in [1.807, 2.05) is 23.6 Å². The third-order valence-electron chi connectivity index (χ3n) is 2.63. The number of nitriles is 1. The van der Waals surface area contributed by atoms with Gasteiger partial charge in [0, 0.05) is 4.88 Å². The van der Waals surface area contributed by atoms with Gasteiger partial charge in [0.25, 0.3) is 0 Å². The van der Waals surface area contributed by atoms with Gasteiger partial charge in [-0.25, -0.2) is 0 Å². The lowest BCUT2D eigenvalue weighted by Gasteiger charge is -2.13. The van der Waals surface area contributed by atoms with Gasteiger partial charge in [-0.15, -0.1) is 11.3 Å². The quantitative estimate of drug-likeness (QED) is 0.849. The zero-order valence-electron chi connectivity index (χ0n) is 11.2. The summed E-state index contributed by atoms with van der Waals surface area (Å²) in [4.78, 5) is 1.11. The van der Waals surface area contributed by atoms with Crippen LogP contribution in [0, 0.1) is 11.3 Å². The first kappa shape index (κ1) is 15.8. The van der Waals surface area contributed by atoms with Crippen molar-refractivity contribution in [2.75, 3.05) is 13.2 Å². The van der Waals surface area contributed by atoms with Crippen LogP contribution in [0.2, 0.25) is 5.02 Å². The number of nitrogens with zero attached hydrogens (tertiary/aromatic N) is 1. The first-order valence-electron chi connectivity index (χ1n) is 6.29. The Balaban J connectivity index is 1.73. The highest BCUT2D eigenvalue weighted by Gasteiger charge is 2.08. The van der Waals surface area contributed by atoms with Crippen LogP contribution < -0.4 is 4.74 Å². The average molecular weight is 324 g/mol. The monoisotopic (exact) mass is 323 g/mol. The second-order valence-corrected chi connectivity index (χ2v) is 5.76. The zero-order valence-corrected chi connectivity index (χ0v) is 12.7. The number of halogens is 1. The summed E-state index contributed by atoms with van der Waals surface area (Å²) in [7, 11) is 0. The van der Waals surface area contributed by atoms with Gasteiger partial charge in [0.05, 0.1) is 29.9 Å². The fourth-order valence-electron chi connectivity index (χ4n) is 1.61. The zero-order chi connectivity index (χ0) is 15.1. The van der Waals surface area contributed by atoms with Crippen LogP contribution in [0.5, 0.6) is 5.75 Å². The van der Waals surface area contributed by atoms with Crippen molar-refractivity contribution in [2.45, 2.75) is 12.7 Å². The number of rotatable bonds is 7. The van der Waals surface area contributed by atoms with Crippen molar-refractivity contribution < 1.29 is 14.6 Å². The number of ether oxygens (including phenoxy) is 2. The number of hydrogen-bond acceptors (Lipinski definition) is 5. The van der Waals surface area contributed by atoms with E-state index in [1.165, 1.54) is 6.07 Å². The second kappa shape index (κ2) is 8.01. The lowest BCUT2D eigenvalue weighted by Crippen LogP contribution is -2.23. The summed E-state index contributed by atoms with van der Waals surface area (Å²) in [6, 6.07) is 10.7. The molecule has 0 radical (unpaired) electrons. The predicted octanol–water partition coefficient (Wildman–Crippen LogP) is 3.23. The molecule has 2 rings (SSSR count). The summed E-state index contributed by atoms with van der Waals surface area (Å²) in [5, 5.41) is 20.9. The molecule has 0 aliphatic heterocycles. The molecule has 1 aromatic carbocycles. The van der Waals surface area contributed by atoms with Gasteiger partial charge in [-0.05, 0) is 29.6 Å². The van der Waals surface area contributed by atoms with Gasteiger partial charge in [-0.3, -0.25) is 0 Å². The van der Waals surface area contributed by atoms with E-state index in [0.29, 0.717) is 22.9 Å². The van der Waals surface area contributed by atoms with Gasteiger partial charge < -0.3 is 14.6 Å². The number of benzene rings is 1. The van der Waals surface area contributed by atoms with Crippen molar-refractivity contribution in [3.05, 3.63) is 51.2 Å². The maximum Gasteiger partial charge on any atom is 0.138 e. The van der Waals surface area contributed by atoms with E-state index >= 15 is 0 Å². The molecule has 1 unspecified atom stereocenters. The summed E-state index contributed by atoms with van der Waals surface area (Å²) in [6.07, 6.45) is -0.739. The van der Waals surface area contributed by atoms with Gasteiger partial charge in [0.2, 0.25) is 0 Å². The smallest absolute Gasteiger partial charge is 0.138 e. The van der Waals surface area contributed by atoms with E-state index in [1.54, 1.807) is 23.5 Å². The predicted molar refractivity (Wildman–Crippen MR) is 81.6 cm³/mol. The third kappa shape index (κ3) is 5.03. The highest BCUT2D eigenvalue weighted by molar-refractivity contribution is 7.09. The summed E-state index contributed by atoms with van der Waals surface area (Å²) < 4.78 is 10.8. The van der Waals surface area contributed by atoms with Crippen molar-refractivity contribution in [1.82, 2.24) is 0 Å².